The van der Waals surface area contributed by atoms with Crippen molar-refractivity contribution in [2.24, 2.45) is 13.0 Å². The predicted molar refractivity (Wildman–Crippen MR) is 97.2 cm³/mol. The second-order valence-electron chi connectivity index (χ2n) is 6.64. The van der Waals surface area contributed by atoms with Crippen LogP contribution in [0.1, 0.15) is 45.0 Å². The number of carbonyl (C=O) groups is 1. The molecule has 1 amide bonds. The third-order valence-corrected chi connectivity index (χ3v) is 4.73. The van der Waals surface area contributed by atoms with Gasteiger partial charge < -0.3 is 9.47 Å². The Balaban J connectivity index is 2.47. The van der Waals surface area contributed by atoms with E-state index in [-0.39, 0.29) is 11.8 Å². The predicted octanol–water partition coefficient (Wildman–Crippen LogP) is 3.74. The average Bonchev–Trinajstić information content (AvgIpc) is 2.96. The van der Waals surface area contributed by atoms with Gasteiger partial charge in [0.25, 0.3) is 0 Å². The molecule has 0 aliphatic carbocycles. The van der Waals surface area contributed by atoms with E-state index in [2.05, 4.69) is 30.1 Å². The van der Waals surface area contributed by atoms with Gasteiger partial charge in [-0.3, -0.25) is 4.79 Å². The third-order valence-electron chi connectivity index (χ3n) is 4.04. The summed E-state index contributed by atoms with van der Waals surface area (Å²) in [6.45, 7) is 8.47. The SMILES string of the molecule is CC(C)c1ccccc1N(Cc1nncn1C)C(=O)C(Cl)C(C)C. The molecule has 6 heteroatoms. The van der Waals surface area contributed by atoms with Gasteiger partial charge in [-0.25, -0.2) is 0 Å². The van der Waals surface area contributed by atoms with Gasteiger partial charge >= 0.3 is 0 Å². The first-order chi connectivity index (χ1) is 11.3. The number of halogens is 1. The van der Waals surface area contributed by atoms with Crippen molar-refractivity contribution in [2.45, 2.75) is 45.5 Å². The minimum absolute atomic E-state index is 0.0485. The van der Waals surface area contributed by atoms with Crippen molar-refractivity contribution in [3.8, 4) is 0 Å². The molecule has 0 aliphatic rings. The normalized spacial score (nSPS) is 12.7. The number of carbonyl (C=O) groups excluding carboxylic acids is 1. The maximum atomic E-state index is 13.0. The lowest BCUT2D eigenvalue weighted by Crippen LogP contribution is -2.39. The molecule has 1 heterocycles. The standard InChI is InChI=1S/C18H25ClN4O/c1-12(2)14-8-6-7-9-15(14)23(18(24)17(19)13(3)4)10-16-21-20-11-22(16)5/h6-9,11-13,17H,10H2,1-5H3. The number of alkyl halides is 1. The second kappa shape index (κ2) is 7.79. The third kappa shape index (κ3) is 3.96. The van der Waals surface area contributed by atoms with Gasteiger partial charge in [0.1, 0.15) is 11.7 Å². The zero-order valence-electron chi connectivity index (χ0n) is 14.9. The van der Waals surface area contributed by atoms with Crippen LogP contribution in [0.3, 0.4) is 0 Å². The van der Waals surface area contributed by atoms with E-state index in [1.165, 1.54) is 0 Å². The Morgan fingerprint density at radius 1 is 1.25 bits per heavy atom. The quantitative estimate of drug-likeness (QED) is 0.747. The molecule has 0 saturated heterocycles. The van der Waals surface area contributed by atoms with E-state index in [1.54, 1.807) is 11.2 Å². The number of anilines is 1. The zero-order chi connectivity index (χ0) is 17.9. The first kappa shape index (κ1) is 18.5. The van der Waals surface area contributed by atoms with Crippen LogP contribution in [0.5, 0.6) is 0 Å². The van der Waals surface area contributed by atoms with Crippen molar-refractivity contribution < 1.29 is 4.79 Å². The number of rotatable bonds is 6. The molecule has 2 rings (SSSR count). The molecule has 0 N–H and O–H groups in total. The number of para-hydroxylation sites is 1. The van der Waals surface area contributed by atoms with E-state index in [4.69, 9.17) is 11.6 Å². The van der Waals surface area contributed by atoms with Crippen LogP contribution in [-0.2, 0) is 18.4 Å². The van der Waals surface area contributed by atoms with Gasteiger partial charge in [0.2, 0.25) is 5.91 Å². The fourth-order valence-corrected chi connectivity index (χ4v) is 2.65. The summed E-state index contributed by atoms with van der Waals surface area (Å²) in [6, 6.07) is 7.95. The molecule has 1 atom stereocenters. The topological polar surface area (TPSA) is 51.0 Å². The molecular weight excluding hydrogens is 324 g/mol. The van der Waals surface area contributed by atoms with Crippen LogP contribution in [-0.4, -0.2) is 26.0 Å². The van der Waals surface area contributed by atoms with E-state index in [1.807, 2.05) is 43.7 Å². The maximum absolute atomic E-state index is 13.0. The molecule has 24 heavy (non-hydrogen) atoms. The fraction of sp³-hybridized carbons (Fsp3) is 0.500. The molecule has 0 spiro atoms. The highest BCUT2D eigenvalue weighted by Gasteiger charge is 2.29. The average molecular weight is 349 g/mol. The van der Waals surface area contributed by atoms with Crippen molar-refractivity contribution in [3.05, 3.63) is 42.0 Å². The lowest BCUT2D eigenvalue weighted by atomic mass is 9.99. The van der Waals surface area contributed by atoms with Crippen LogP contribution >= 0.6 is 11.6 Å². The minimum atomic E-state index is -0.585. The molecule has 0 bridgehead atoms. The van der Waals surface area contributed by atoms with Gasteiger partial charge in [0.15, 0.2) is 5.82 Å². The number of benzene rings is 1. The van der Waals surface area contributed by atoms with E-state index in [0.717, 1.165) is 17.1 Å². The monoisotopic (exact) mass is 348 g/mol. The van der Waals surface area contributed by atoms with Gasteiger partial charge in [-0.2, -0.15) is 0 Å². The number of nitrogens with zero attached hydrogens (tertiary/aromatic N) is 4. The van der Waals surface area contributed by atoms with Gasteiger partial charge in [0, 0.05) is 12.7 Å². The van der Waals surface area contributed by atoms with Crippen molar-refractivity contribution in [2.75, 3.05) is 4.90 Å². The van der Waals surface area contributed by atoms with Crippen LogP contribution in [0.25, 0.3) is 0 Å². The number of amides is 1. The van der Waals surface area contributed by atoms with E-state index < -0.39 is 5.38 Å². The second-order valence-corrected chi connectivity index (χ2v) is 7.11. The van der Waals surface area contributed by atoms with Crippen molar-refractivity contribution >= 4 is 23.2 Å². The van der Waals surface area contributed by atoms with E-state index in [9.17, 15) is 4.79 Å². The number of hydrogen-bond donors (Lipinski definition) is 0. The minimum Gasteiger partial charge on any atom is -0.319 e. The lowest BCUT2D eigenvalue weighted by molar-refractivity contribution is -0.119. The highest BCUT2D eigenvalue weighted by atomic mass is 35.5. The van der Waals surface area contributed by atoms with E-state index >= 15 is 0 Å². The van der Waals surface area contributed by atoms with E-state index in [0.29, 0.717) is 12.5 Å². The van der Waals surface area contributed by atoms with Crippen LogP contribution in [0.2, 0.25) is 0 Å². The molecule has 0 fully saturated rings. The van der Waals surface area contributed by atoms with Gasteiger partial charge in [0.05, 0.1) is 6.54 Å². The summed E-state index contributed by atoms with van der Waals surface area (Å²) < 4.78 is 1.82. The highest BCUT2D eigenvalue weighted by Crippen LogP contribution is 2.30. The maximum Gasteiger partial charge on any atom is 0.245 e. The van der Waals surface area contributed by atoms with Crippen LogP contribution in [0.4, 0.5) is 5.69 Å². The molecule has 1 unspecified atom stereocenters. The molecule has 5 nitrogen and oxygen atoms in total. The van der Waals surface area contributed by atoms with Crippen LogP contribution in [0, 0.1) is 5.92 Å². The Morgan fingerprint density at radius 3 is 2.46 bits per heavy atom. The van der Waals surface area contributed by atoms with Crippen molar-refractivity contribution in [1.82, 2.24) is 14.8 Å². The molecule has 0 aliphatic heterocycles. The van der Waals surface area contributed by atoms with Crippen LogP contribution < -0.4 is 4.90 Å². The summed E-state index contributed by atoms with van der Waals surface area (Å²) in [6.07, 6.45) is 1.63. The Labute approximate surface area is 148 Å². The lowest BCUT2D eigenvalue weighted by Gasteiger charge is -2.29. The fourth-order valence-electron chi connectivity index (χ4n) is 2.53. The van der Waals surface area contributed by atoms with Crippen molar-refractivity contribution in [1.29, 1.82) is 0 Å². The summed E-state index contributed by atoms with van der Waals surface area (Å²) in [5.74, 6) is 0.952. The number of hydrogen-bond acceptors (Lipinski definition) is 3. The molecule has 2 aromatic rings. The Kier molecular flexibility index (Phi) is 5.99. The Morgan fingerprint density at radius 2 is 1.92 bits per heavy atom. The summed E-state index contributed by atoms with van der Waals surface area (Å²) in [5.41, 5.74) is 1.99. The first-order valence-corrected chi connectivity index (χ1v) is 8.63. The summed E-state index contributed by atoms with van der Waals surface area (Å²) in [4.78, 5) is 14.8. The molecular formula is C18H25ClN4O. The van der Waals surface area contributed by atoms with Crippen molar-refractivity contribution in [3.63, 3.8) is 0 Å². The molecule has 0 saturated carbocycles. The smallest absolute Gasteiger partial charge is 0.245 e. The number of aryl methyl sites for hydroxylation is 1. The van der Waals surface area contributed by atoms with Gasteiger partial charge in [-0.1, -0.05) is 45.9 Å². The largest absolute Gasteiger partial charge is 0.319 e. The summed E-state index contributed by atoms with van der Waals surface area (Å²) in [5, 5.41) is 7.44. The van der Waals surface area contributed by atoms with Gasteiger partial charge in [-0.15, -0.1) is 21.8 Å². The summed E-state index contributed by atoms with van der Waals surface area (Å²) >= 11 is 6.39. The molecule has 1 aromatic heterocycles. The van der Waals surface area contributed by atoms with Crippen LogP contribution in [0.15, 0.2) is 30.6 Å². The Bertz CT molecular complexity index is 696. The highest BCUT2D eigenvalue weighted by molar-refractivity contribution is 6.33. The first-order valence-electron chi connectivity index (χ1n) is 8.20. The van der Waals surface area contributed by atoms with Gasteiger partial charge in [-0.05, 0) is 23.5 Å². The Hall–Kier alpha value is -1.88. The summed E-state index contributed by atoms with van der Waals surface area (Å²) in [7, 11) is 1.87. The molecule has 130 valence electrons. The number of aromatic nitrogens is 3. The molecule has 1 aromatic carbocycles. The molecule has 0 radical (unpaired) electrons. The zero-order valence-corrected chi connectivity index (χ0v) is 15.7.